The number of amides is 1. The van der Waals surface area contributed by atoms with Gasteiger partial charge in [0.25, 0.3) is 0 Å². The molecular weight excluding hydrogens is 310 g/mol. The lowest BCUT2D eigenvalue weighted by atomic mass is 10.2. The van der Waals surface area contributed by atoms with E-state index in [1.165, 1.54) is 11.8 Å². The number of methoxy groups -OCH3 is 2. The molecule has 23 heavy (non-hydrogen) atoms. The second-order valence-electron chi connectivity index (χ2n) is 5.14. The predicted molar refractivity (Wildman–Crippen MR) is 94.7 cm³/mol. The topological polar surface area (TPSA) is 47.6 Å². The van der Waals surface area contributed by atoms with E-state index in [4.69, 9.17) is 9.47 Å². The first-order valence-electron chi connectivity index (χ1n) is 7.29. The first-order chi connectivity index (χ1) is 11.0. The lowest BCUT2D eigenvalue weighted by Crippen LogP contribution is -2.22. The summed E-state index contributed by atoms with van der Waals surface area (Å²) in [6.07, 6.45) is 0. The standard InChI is InChI=1S/C18H21NO3S/c1-12-6-5-7-14(10-12)19-18(20)13(2)23-15-8-9-16(21-3)17(11-15)22-4/h5-11,13H,1-4H3,(H,19,20)/t13-/m0/s1. The number of hydrogen-bond acceptors (Lipinski definition) is 4. The highest BCUT2D eigenvalue weighted by Crippen LogP contribution is 2.33. The molecule has 5 heteroatoms. The number of hydrogen-bond donors (Lipinski definition) is 1. The first-order valence-corrected chi connectivity index (χ1v) is 8.17. The maximum atomic E-state index is 12.3. The smallest absolute Gasteiger partial charge is 0.237 e. The third-order valence-corrected chi connectivity index (χ3v) is 4.42. The van der Waals surface area contributed by atoms with Crippen LogP contribution in [0.2, 0.25) is 0 Å². The summed E-state index contributed by atoms with van der Waals surface area (Å²) < 4.78 is 10.5. The molecule has 0 fully saturated rings. The van der Waals surface area contributed by atoms with Crippen molar-refractivity contribution in [3.8, 4) is 11.5 Å². The summed E-state index contributed by atoms with van der Waals surface area (Å²) in [5.74, 6) is 1.30. The van der Waals surface area contributed by atoms with Gasteiger partial charge in [-0.2, -0.15) is 0 Å². The Hall–Kier alpha value is -2.14. The van der Waals surface area contributed by atoms with Gasteiger partial charge in [-0.25, -0.2) is 0 Å². The summed E-state index contributed by atoms with van der Waals surface area (Å²) in [4.78, 5) is 13.3. The van der Waals surface area contributed by atoms with E-state index in [2.05, 4.69) is 5.32 Å². The molecule has 0 spiro atoms. The number of rotatable bonds is 6. The molecule has 2 aromatic carbocycles. The Balaban J connectivity index is 2.03. The summed E-state index contributed by atoms with van der Waals surface area (Å²) in [6.45, 7) is 3.88. The van der Waals surface area contributed by atoms with E-state index in [0.29, 0.717) is 11.5 Å². The van der Waals surface area contributed by atoms with E-state index in [0.717, 1.165) is 16.1 Å². The van der Waals surface area contributed by atoms with Crippen molar-refractivity contribution in [3.63, 3.8) is 0 Å². The highest BCUT2D eigenvalue weighted by atomic mass is 32.2. The van der Waals surface area contributed by atoms with Crippen LogP contribution in [0, 0.1) is 6.92 Å². The summed E-state index contributed by atoms with van der Waals surface area (Å²) >= 11 is 1.48. The third kappa shape index (κ3) is 4.66. The molecule has 1 amide bonds. The molecule has 0 aliphatic carbocycles. The van der Waals surface area contributed by atoms with E-state index in [1.807, 2.05) is 56.3 Å². The monoisotopic (exact) mass is 331 g/mol. The third-order valence-electron chi connectivity index (χ3n) is 3.32. The van der Waals surface area contributed by atoms with Crippen LogP contribution in [0.3, 0.4) is 0 Å². The molecule has 0 aromatic heterocycles. The average Bonchev–Trinajstić information content (AvgIpc) is 2.54. The van der Waals surface area contributed by atoms with Crippen LogP contribution >= 0.6 is 11.8 Å². The first kappa shape index (κ1) is 17.2. The van der Waals surface area contributed by atoms with Gasteiger partial charge in [0.1, 0.15) is 0 Å². The molecule has 0 bridgehead atoms. The highest BCUT2D eigenvalue weighted by Gasteiger charge is 2.16. The molecular formula is C18H21NO3S. The maximum absolute atomic E-state index is 12.3. The zero-order valence-corrected chi connectivity index (χ0v) is 14.6. The fourth-order valence-corrected chi connectivity index (χ4v) is 3.01. The SMILES string of the molecule is COc1ccc(S[C@@H](C)C(=O)Nc2cccc(C)c2)cc1OC. The minimum Gasteiger partial charge on any atom is -0.493 e. The number of carbonyl (C=O) groups is 1. The van der Waals surface area contributed by atoms with Crippen molar-refractivity contribution in [1.82, 2.24) is 0 Å². The van der Waals surface area contributed by atoms with Crippen LogP contribution in [0.15, 0.2) is 47.4 Å². The second kappa shape index (κ2) is 7.92. The molecule has 2 rings (SSSR count). The van der Waals surface area contributed by atoms with Gasteiger partial charge in [0.15, 0.2) is 11.5 Å². The van der Waals surface area contributed by atoms with Crippen LogP contribution in [-0.4, -0.2) is 25.4 Å². The molecule has 0 saturated heterocycles. The Kier molecular flexibility index (Phi) is 5.93. The van der Waals surface area contributed by atoms with Crippen LogP contribution in [-0.2, 0) is 4.79 Å². The van der Waals surface area contributed by atoms with Gasteiger partial charge in [-0.1, -0.05) is 12.1 Å². The number of benzene rings is 2. The Morgan fingerprint density at radius 1 is 1.09 bits per heavy atom. The molecule has 0 radical (unpaired) electrons. The van der Waals surface area contributed by atoms with Crippen molar-refractivity contribution in [2.75, 3.05) is 19.5 Å². The number of carbonyl (C=O) groups excluding carboxylic acids is 1. The van der Waals surface area contributed by atoms with Crippen molar-refractivity contribution >= 4 is 23.4 Å². The largest absolute Gasteiger partial charge is 0.493 e. The van der Waals surface area contributed by atoms with E-state index in [-0.39, 0.29) is 11.2 Å². The number of ether oxygens (including phenoxy) is 2. The van der Waals surface area contributed by atoms with Gasteiger partial charge in [0, 0.05) is 10.6 Å². The number of nitrogens with one attached hydrogen (secondary N) is 1. The second-order valence-corrected chi connectivity index (χ2v) is 6.55. The van der Waals surface area contributed by atoms with Gasteiger partial charge in [-0.05, 0) is 49.7 Å². The number of anilines is 1. The molecule has 0 heterocycles. The van der Waals surface area contributed by atoms with Crippen molar-refractivity contribution in [2.24, 2.45) is 0 Å². The zero-order valence-electron chi connectivity index (χ0n) is 13.8. The quantitative estimate of drug-likeness (QED) is 0.809. The molecule has 4 nitrogen and oxygen atoms in total. The molecule has 0 aliphatic rings. The summed E-state index contributed by atoms with van der Waals surface area (Å²) in [7, 11) is 3.20. The van der Waals surface area contributed by atoms with Crippen molar-refractivity contribution in [3.05, 3.63) is 48.0 Å². The molecule has 0 saturated carbocycles. The molecule has 122 valence electrons. The fourth-order valence-electron chi connectivity index (χ4n) is 2.11. The van der Waals surface area contributed by atoms with Crippen molar-refractivity contribution in [1.29, 1.82) is 0 Å². The normalized spacial score (nSPS) is 11.7. The Morgan fingerprint density at radius 3 is 2.48 bits per heavy atom. The number of thioether (sulfide) groups is 1. The van der Waals surface area contributed by atoms with Crippen molar-refractivity contribution < 1.29 is 14.3 Å². The van der Waals surface area contributed by atoms with Gasteiger partial charge in [0.2, 0.25) is 5.91 Å². The van der Waals surface area contributed by atoms with Crippen molar-refractivity contribution in [2.45, 2.75) is 24.0 Å². The van der Waals surface area contributed by atoms with Crippen LogP contribution < -0.4 is 14.8 Å². The molecule has 0 aliphatic heterocycles. The fraction of sp³-hybridized carbons (Fsp3) is 0.278. The highest BCUT2D eigenvalue weighted by molar-refractivity contribution is 8.00. The van der Waals surface area contributed by atoms with Crippen LogP contribution in [0.5, 0.6) is 11.5 Å². The molecule has 0 unspecified atom stereocenters. The predicted octanol–water partition coefficient (Wildman–Crippen LogP) is 4.13. The Bertz CT molecular complexity index is 688. The zero-order chi connectivity index (χ0) is 16.8. The Morgan fingerprint density at radius 2 is 1.83 bits per heavy atom. The minimum absolute atomic E-state index is 0.0321. The van der Waals surface area contributed by atoms with E-state index >= 15 is 0 Å². The molecule has 1 atom stereocenters. The van der Waals surface area contributed by atoms with Crippen LogP contribution in [0.25, 0.3) is 0 Å². The van der Waals surface area contributed by atoms with Gasteiger partial charge in [-0.15, -0.1) is 11.8 Å². The lowest BCUT2D eigenvalue weighted by Gasteiger charge is -2.14. The lowest BCUT2D eigenvalue weighted by molar-refractivity contribution is -0.115. The van der Waals surface area contributed by atoms with E-state index in [9.17, 15) is 4.79 Å². The minimum atomic E-state index is -0.228. The molecule has 2 aromatic rings. The van der Waals surface area contributed by atoms with Gasteiger partial charge < -0.3 is 14.8 Å². The van der Waals surface area contributed by atoms with Gasteiger partial charge >= 0.3 is 0 Å². The van der Waals surface area contributed by atoms with E-state index < -0.39 is 0 Å². The van der Waals surface area contributed by atoms with E-state index in [1.54, 1.807) is 14.2 Å². The van der Waals surface area contributed by atoms with Gasteiger partial charge in [0.05, 0.1) is 19.5 Å². The van der Waals surface area contributed by atoms with Crippen LogP contribution in [0.1, 0.15) is 12.5 Å². The van der Waals surface area contributed by atoms with Gasteiger partial charge in [-0.3, -0.25) is 4.79 Å². The summed E-state index contributed by atoms with van der Waals surface area (Å²) in [5.41, 5.74) is 1.93. The number of aryl methyl sites for hydroxylation is 1. The van der Waals surface area contributed by atoms with Crippen LogP contribution in [0.4, 0.5) is 5.69 Å². The molecule has 1 N–H and O–H groups in total. The summed E-state index contributed by atoms with van der Waals surface area (Å²) in [6, 6.07) is 13.4. The Labute approximate surface area is 141 Å². The average molecular weight is 331 g/mol. The summed E-state index contributed by atoms with van der Waals surface area (Å²) in [5, 5.41) is 2.71. The maximum Gasteiger partial charge on any atom is 0.237 e.